The monoisotopic (exact) mass is 544 g/mol. The highest BCUT2D eigenvalue weighted by Crippen LogP contribution is 2.39. The van der Waals surface area contributed by atoms with E-state index in [1.165, 1.54) is 0 Å². The second-order valence-corrected chi connectivity index (χ2v) is 23.0. The van der Waals surface area contributed by atoms with Crippen molar-refractivity contribution < 1.29 is 87.7 Å². The molecule has 0 atom stereocenters. The molecule has 0 N–H and O–H groups in total. The summed E-state index contributed by atoms with van der Waals surface area (Å²) in [6.07, 6.45) is 0. The van der Waals surface area contributed by atoms with E-state index in [2.05, 4.69) is 49.4 Å². The molecule has 0 spiro atoms. The van der Waals surface area contributed by atoms with Crippen LogP contribution in [0.5, 0.6) is 0 Å². The largest absolute Gasteiger partial charge is 0.795 e. The van der Waals surface area contributed by atoms with Crippen LogP contribution >= 0.6 is 0 Å². The Bertz CT molecular complexity index is 470. The lowest BCUT2D eigenvalue weighted by atomic mass is 15.5. The van der Waals surface area contributed by atoms with Crippen LogP contribution in [0.15, 0.2) is 0 Å². The molecule has 0 unspecified atom stereocenters. The zero-order valence-electron chi connectivity index (χ0n) is 12.2. The lowest BCUT2D eigenvalue weighted by Gasteiger charge is -2.71. The predicted octanol–water partition coefficient (Wildman–Crippen LogP) is -13.4. The molecule has 6 fully saturated rings. The van der Waals surface area contributed by atoms with Gasteiger partial charge < -0.3 is 87.7 Å². The predicted molar refractivity (Wildman–Crippen MR) is 59.1 cm³/mol. The minimum absolute atomic E-state index is 4.28. The molecule has 6 rings (SSSR count). The van der Waals surface area contributed by atoms with Gasteiger partial charge in [-0.25, -0.2) is 0 Å². The van der Waals surface area contributed by atoms with E-state index in [0.717, 1.165) is 0 Å². The van der Waals surface area contributed by atoms with Crippen LogP contribution < -0.4 is 38.4 Å². The molecule has 0 aromatic heterocycles. The first-order valence-electron chi connectivity index (χ1n) is 6.53. The van der Waals surface area contributed by atoms with Crippen LogP contribution in [-0.4, -0.2) is 72.4 Å². The Labute approximate surface area is 160 Å². The second kappa shape index (κ2) is 5.46. The third kappa shape index (κ3) is 3.41. The maximum atomic E-state index is 12.6. The van der Waals surface area contributed by atoms with Crippen molar-refractivity contribution in [1.82, 2.24) is 0 Å². The fraction of sp³-hybridized carbons (Fsp3) is 0. The third-order valence-corrected chi connectivity index (χ3v) is 27.0. The molecule has 0 aliphatic carbocycles. The van der Waals surface area contributed by atoms with E-state index in [9.17, 15) is 38.4 Å². The Hall–Kier alpha value is 0.935. The molecule has 6 saturated heterocycles. The molecule has 20 nitrogen and oxygen atoms in total. The van der Waals surface area contributed by atoms with Crippen LogP contribution in [0.25, 0.3) is 0 Å². The molecule has 6 heterocycles. The number of rotatable bonds is 0. The smallest absolute Gasteiger partial charge is 0.387 e. The summed E-state index contributed by atoms with van der Waals surface area (Å²) in [5, 5.41) is 0. The molecule has 6 aliphatic rings. The van der Waals surface area contributed by atoms with Crippen molar-refractivity contribution in [3.05, 3.63) is 0 Å². The van der Waals surface area contributed by atoms with Gasteiger partial charge in [0.05, 0.1) is 0 Å². The topological polar surface area (TPSA) is 295 Å². The van der Waals surface area contributed by atoms with Gasteiger partial charge in [0.2, 0.25) is 0 Å². The van der Waals surface area contributed by atoms with Crippen LogP contribution in [0.1, 0.15) is 0 Å². The maximum absolute atomic E-state index is 12.6. The van der Waals surface area contributed by atoms with Crippen LogP contribution in [0.2, 0.25) is 0 Å². The third-order valence-electron chi connectivity index (χ3n) is 3.00. The van der Waals surface area contributed by atoms with E-state index < -0.39 is 72.4 Å². The first-order chi connectivity index (χ1) is 12.5. The van der Waals surface area contributed by atoms with Gasteiger partial charge in [0, 0.05) is 0 Å². The normalized spacial score (nSPS) is 66.0. The highest BCUT2D eigenvalue weighted by Gasteiger charge is 2.67. The molecule has 6 aliphatic heterocycles. The molecule has 0 aromatic rings. The van der Waals surface area contributed by atoms with Gasteiger partial charge in [-0.3, -0.25) is 0 Å². The van der Waals surface area contributed by atoms with Gasteiger partial charge in [0.25, 0.3) is 0 Å². The minimum atomic E-state index is -6.08. The van der Waals surface area contributed by atoms with E-state index >= 15 is 0 Å². The molecule has 8 bridgehead atoms. The molecular weight excluding hydrogens is 545 g/mol. The van der Waals surface area contributed by atoms with Crippen molar-refractivity contribution >= 4 is 72.4 Å². The van der Waals surface area contributed by atoms with E-state index in [1.54, 1.807) is 0 Å². The average Bonchev–Trinajstić information content (AvgIpc) is 2.22. The zero-order valence-corrected chi connectivity index (χ0v) is 20.2. The average molecular weight is 545 g/mol. The standard InChI is InChI=1S/O20Si8/c1-21-9-22(2)12-25(5)14-23(3,10-21)16-27(7)17-24(4,11-21)15-26(6,13-22)19-28(8,18-25)20-27/q-8. The van der Waals surface area contributed by atoms with Gasteiger partial charge in [-0.2, -0.15) is 0 Å². The van der Waals surface area contributed by atoms with E-state index in [4.69, 9.17) is 0 Å². The maximum Gasteiger partial charge on any atom is 0.387 e. The van der Waals surface area contributed by atoms with E-state index in [-0.39, 0.29) is 0 Å². The Morgan fingerprint density at radius 2 is 0.286 bits per heavy atom. The Balaban J connectivity index is 1.79. The first-order valence-corrected chi connectivity index (χ1v) is 19.6. The van der Waals surface area contributed by atoms with Crippen molar-refractivity contribution in [2.75, 3.05) is 0 Å². The summed E-state index contributed by atoms with van der Waals surface area (Å²) in [6, 6.07) is 0. The fourth-order valence-electron chi connectivity index (χ4n) is 2.34. The zero-order chi connectivity index (χ0) is 20.5. The van der Waals surface area contributed by atoms with Gasteiger partial charge >= 0.3 is 72.4 Å². The fourth-order valence-corrected chi connectivity index (χ4v) is 30.0. The SMILES string of the molecule is [O-][Si]12O[Si]3([O-])O[Si]4([O-])O[Si]([O-])(O1)O[Si]1([O-])O[Si]([O-])(O2)O[Si]([O-])(O3)O[Si]([O-])(O4)O1. The molecule has 0 radical (unpaired) electrons. The summed E-state index contributed by atoms with van der Waals surface area (Å²) in [7, 11) is -48.6. The molecule has 160 valence electrons. The Kier molecular flexibility index (Phi) is 4.06. The molecule has 0 saturated carbocycles. The lowest BCUT2D eigenvalue weighted by Crippen LogP contribution is -2.99. The lowest BCUT2D eigenvalue weighted by molar-refractivity contribution is -0.432. The molecule has 28 heavy (non-hydrogen) atoms. The molecule has 28 heteroatoms. The first kappa shape index (κ1) is 20.8. The van der Waals surface area contributed by atoms with Gasteiger partial charge in [-0.05, 0) is 0 Å². The van der Waals surface area contributed by atoms with Gasteiger partial charge in [0.1, 0.15) is 0 Å². The summed E-state index contributed by atoms with van der Waals surface area (Å²) in [4.78, 5) is 101. The van der Waals surface area contributed by atoms with Crippen LogP contribution in [0.3, 0.4) is 0 Å². The van der Waals surface area contributed by atoms with Crippen molar-refractivity contribution in [3.8, 4) is 0 Å². The van der Waals surface area contributed by atoms with Crippen LogP contribution in [0.4, 0.5) is 0 Å². The Morgan fingerprint density at radius 1 is 0.214 bits per heavy atom. The van der Waals surface area contributed by atoms with E-state index in [1.807, 2.05) is 0 Å². The van der Waals surface area contributed by atoms with Crippen molar-refractivity contribution in [3.63, 3.8) is 0 Å². The Morgan fingerprint density at radius 3 is 0.357 bits per heavy atom. The van der Waals surface area contributed by atoms with Gasteiger partial charge in [0.15, 0.2) is 0 Å². The van der Waals surface area contributed by atoms with E-state index in [0.29, 0.717) is 0 Å². The van der Waals surface area contributed by atoms with Crippen LogP contribution in [0, 0.1) is 0 Å². The summed E-state index contributed by atoms with van der Waals surface area (Å²) >= 11 is 0. The minimum Gasteiger partial charge on any atom is -0.795 e. The summed E-state index contributed by atoms with van der Waals surface area (Å²) in [5.74, 6) is 0. The van der Waals surface area contributed by atoms with Crippen molar-refractivity contribution in [2.45, 2.75) is 0 Å². The highest BCUT2D eigenvalue weighted by molar-refractivity contribution is 6.94. The van der Waals surface area contributed by atoms with Crippen LogP contribution in [-0.2, 0) is 49.4 Å². The summed E-state index contributed by atoms with van der Waals surface area (Å²) < 4.78 is 51.4. The summed E-state index contributed by atoms with van der Waals surface area (Å²) in [6.45, 7) is 0. The quantitative estimate of drug-likeness (QED) is 0.255. The second-order valence-electron chi connectivity index (χ2n) is 5.22. The highest BCUT2D eigenvalue weighted by atomic mass is 28.7. The summed E-state index contributed by atoms with van der Waals surface area (Å²) in [5.41, 5.74) is 0. The van der Waals surface area contributed by atoms with Gasteiger partial charge in [-0.15, -0.1) is 0 Å². The molecule has 0 aromatic carbocycles. The van der Waals surface area contributed by atoms with Crippen molar-refractivity contribution in [1.29, 1.82) is 0 Å². The molecular formula is O20Si8-8. The van der Waals surface area contributed by atoms with Gasteiger partial charge in [-0.1, -0.05) is 0 Å². The van der Waals surface area contributed by atoms with Crippen molar-refractivity contribution in [2.24, 2.45) is 0 Å². The number of hydrogen-bond donors (Lipinski definition) is 0. The molecule has 0 amide bonds. The number of hydrogen-bond acceptors (Lipinski definition) is 20.